The van der Waals surface area contributed by atoms with E-state index >= 15 is 4.79 Å². The van der Waals surface area contributed by atoms with Crippen molar-refractivity contribution >= 4 is 23.9 Å². The lowest BCUT2D eigenvalue weighted by molar-refractivity contribution is -0.145. The van der Waals surface area contributed by atoms with E-state index in [1.165, 1.54) is 18.9 Å². The molecular weight excluding hydrogens is 642 g/mol. The van der Waals surface area contributed by atoms with E-state index in [2.05, 4.69) is 5.32 Å². The molecule has 1 aliphatic rings. The van der Waals surface area contributed by atoms with Gasteiger partial charge in [-0.05, 0) is 45.9 Å². The number of ether oxygens (including phenoxy) is 2. The minimum Gasteiger partial charge on any atom is -0.467 e. The molecule has 0 fully saturated rings. The lowest BCUT2D eigenvalue weighted by Gasteiger charge is -2.47. The van der Waals surface area contributed by atoms with Gasteiger partial charge in [-0.2, -0.15) is 0 Å². The third kappa shape index (κ3) is 6.70. The van der Waals surface area contributed by atoms with Gasteiger partial charge in [0.05, 0.1) is 13.5 Å². The van der Waals surface area contributed by atoms with Crippen molar-refractivity contribution in [1.29, 1.82) is 0 Å². The molecule has 258 valence electrons. The molecule has 2 atom stereocenters. The number of carbonyl (C=O) groups is 4. The predicted molar refractivity (Wildman–Crippen MR) is 193 cm³/mol. The summed E-state index contributed by atoms with van der Waals surface area (Å²) in [4.78, 5) is 56.2. The molecule has 0 heterocycles. The van der Waals surface area contributed by atoms with Crippen LogP contribution in [0, 0.1) is 0 Å². The summed E-state index contributed by atoms with van der Waals surface area (Å²) in [6.45, 7) is 1.41. The first-order valence-electron chi connectivity index (χ1n) is 16.7. The number of methoxy groups -OCH3 is 1. The fourth-order valence-electron chi connectivity index (χ4n) is 7.15. The van der Waals surface area contributed by atoms with E-state index in [4.69, 9.17) is 15.2 Å². The van der Waals surface area contributed by atoms with Crippen molar-refractivity contribution in [2.24, 2.45) is 5.73 Å². The van der Waals surface area contributed by atoms with Gasteiger partial charge >= 0.3 is 12.1 Å². The summed E-state index contributed by atoms with van der Waals surface area (Å²) < 4.78 is 11.2. The van der Waals surface area contributed by atoms with Gasteiger partial charge in [0.15, 0.2) is 0 Å². The maximum absolute atomic E-state index is 15.2. The first-order chi connectivity index (χ1) is 24.8. The number of carbonyl (C=O) groups excluding carboxylic acids is 4. The maximum Gasteiger partial charge on any atom is 0.411 e. The lowest BCUT2D eigenvalue weighted by Crippen LogP contribution is -2.62. The van der Waals surface area contributed by atoms with E-state index in [1.54, 1.807) is 0 Å². The molecule has 0 saturated heterocycles. The molecule has 9 heteroatoms. The normalized spacial score (nSPS) is 13.2. The third-order valence-electron chi connectivity index (χ3n) is 9.39. The van der Waals surface area contributed by atoms with Crippen LogP contribution in [0.3, 0.4) is 0 Å². The zero-order valence-corrected chi connectivity index (χ0v) is 28.4. The number of primary amides is 1. The van der Waals surface area contributed by atoms with Crippen LogP contribution in [0.15, 0.2) is 140 Å². The molecule has 0 aromatic heterocycles. The van der Waals surface area contributed by atoms with Crippen LogP contribution in [0.2, 0.25) is 0 Å². The number of benzene rings is 5. The van der Waals surface area contributed by atoms with E-state index < -0.39 is 47.9 Å². The number of nitrogens with two attached hydrogens (primary N) is 1. The molecule has 3 amide bonds. The highest BCUT2D eigenvalue weighted by atomic mass is 16.6. The molecular formula is C42H39N3O6. The van der Waals surface area contributed by atoms with Crippen LogP contribution < -0.4 is 11.1 Å². The molecule has 0 radical (unpaired) electrons. The monoisotopic (exact) mass is 681 g/mol. The van der Waals surface area contributed by atoms with Gasteiger partial charge in [-0.3, -0.25) is 14.5 Å². The van der Waals surface area contributed by atoms with Gasteiger partial charge in [0.1, 0.15) is 24.2 Å². The van der Waals surface area contributed by atoms with Crippen LogP contribution >= 0.6 is 0 Å². The Hall–Kier alpha value is -6.22. The smallest absolute Gasteiger partial charge is 0.411 e. The summed E-state index contributed by atoms with van der Waals surface area (Å²) in [6, 6.07) is 41.1. The van der Waals surface area contributed by atoms with E-state index in [1.807, 2.05) is 140 Å². The summed E-state index contributed by atoms with van der Waals surface area (Å²) in [6.07, 6.45) is -1.43. The topological polar surface area (TPSA) is 128 Å². The summed E-state index contributed by atoms with van der Waals surface area (Å²) in [7, 11) is 1.21. The second kappa shape index (κ2) is 15.1. The van der Waals surface area contributed by atoms with Crippen LogP contribution in [0.5, 0.6) is 0 Å². The van der Waals surface area contributed by atoms with Crippen molar-refractivity contribution in [3.63, 3.8) is 0 Å². The number of fused-ring (bicyclic) bond motifs is 3. The average Bonchev–Trinajstić information content (AvgIpc) is 3.49. The van der Waals surface area contributed by atoms with Gasteiger partial charge in [0.25, 0.3) is 0 Å². The molecule has 1 aliphatic carbocycles. The molecule has 0 bridgehead atoms. The third-order valence-corrected chi connectivity index (χ3v) is 9.39. The number of hydrogen-bond donors (Lipinski definition) is 2. The van der Waals surface area contributed by atoms with Crippen LogP contribution in [-0.2, 0) is 29.4 Å². The highest BCUT2D eigenvalue weighted by Crippen LogP contribution is 2.47. The number of esters is 1. The van der Waals surface area contributed by atoms with Crippen molar-refractivity contribution in [3.05, 3.63) is 167 Å². The van der Waals surface area contributed by atoms with Crippen LogP contribution in [-0.4, -0.2) is 54.6 Å². The van der Waals surface area contributed by atoms with E-state index in [0.717, 1.165) is 22.3 Å². The predicted octanol–water partition coefficient (Wildman–Crippen LogP) is 6.15. The molecule has 5 aromatic rings. The first-order valence-corrected chi connectivity index (χ1v) is 16.7. The number of rotatable bonds is 12. The van der Waals surface area contributed by atoms with E-state index in [0.29, 0.717) is 16.7 Å². The summed E-state index contributed by atoms with van der Waals surface area (Å²) in [5.41, 5.74) is 10.3. The Kier molecular flexibility index (Phi) is 10.3. The Bertz CT molecular complexity index is 1880. The van der Waals surface area contributed by atoms with Crippen LogP contribution in [0.25, 0.3) is 11.1 Å². The largest absolute Gasteiger partial charge is 0.467 e. The van der Waals surface area contributed by atoms with Gasteiger partial charge in [-0.15, -0.1) is 0 Å². The number of hydrogen-bond acceptors (Lipinski definition) is 6. The highest BCUT2D eigenvalue weighted by Gasteiger charge is 2.51. The number of nitrogens with one attached hydrogen (secondary N) is 1. The van der Waals surface area contributed by atoms with Gasteiger partial charge in [0, 0.05) is 5.92 Å². The zero-order chi connectivity index (χ0) is 36.0. The van der Waals surface area contributed by atoms with Gasteiger partial charge < -0.3 is 20.5 Å². The van der Waals surface area contributed by atoms with Crippen molar-refractivity contribution in [3.8, 4) is 11.1 Å². The summed E-state index contributed by atoms with van der Waals surface area (Å²) in [5, 5.41) is 2.65. The van der Waals surface area contributed by atoms with Crippen LogP contribution in [0.4, 0.5) is 4.79 Å². The quantitative estimate of drug-likeness (QED) is 0.120. The Labute approximate surface area is 297 Å². The molecule has 0 aliphatic heterocycles. The van der Waals surface area contributed by atoms with E-state index in [9.17, 15) is 14.4 Å². The fourth-order valence-corrected chi connectivity index (χ4v) is 7.15. The SMILES string of the molecule is COC(=O)C(C)NC(=O)C(CC(N)=O)N(C(=O)OCC1c2ccccc2-c2ccccc21)C(c1ccccc1)(c1ccccc1)c1ccccc1. The van der Waals surface area contributed by atoms with E-state index in [-0.39, 0.29) is 12.5 Å². The Morgan fingerprint density at radius 1 is 0.706 bits per heavy atom. The molecule has 5 aromatic carbocycles. The summed E-state index contributed by atoms with van der Waals surface area (Å²) >= 11 is 0. The standard InChI is InChI=1S/C42H39N3O6/c1-28(40(48)50-2)44-39(47)37(26-38(43)46)45(41(49)51-27-36-34-24-14-12-22-32(34)33-23-13-15-25-35(33)36)42(29-16-6-3-7-17-29,30-18-8-4-9-19-30)31-20-10-5-11-21-31/h3-25,28,36-37H,26-27H2,1-2H3,(H2,43,46)(H,44,47). The Morgan fingerprint density at radius 3 is 1.57 bits per heavy atom. The molecule has 0 spiro atoms. The summed E-state index contributed by atoms with van der Waals surface area (Å²) in [5.74, 6) is -2.60. The van der Waals surface area contributed by atoms with Gasteiger partial charge in [-0.25, -0.2) is 9.59 Å². The second-order valence-corrected chi connectivity index (χ2v) is 12.4. The maximum atomic E-state index is 15.2. The lowest BCUT2D eigenvalue weighted by atomic mass is 9.74. The zero-order valence-electron chi connectivity index (χ0n) is 28.4. The van der Waals surface area contributed by atoms with Gasteiger partial charge in [0.2, 0.25) is 11.8 Å². The average molecular weight is 682 g/mol. The molecule has 0 saturated carbocycles. The molecule has 2 unspecified atom stereocenters. The Morgan fingerprint density at radius 2 is 1.14 bits per heavy atom. The van der Waals surface area contributed by atoms with Gasteiger partial charge in [-0.1, -0.05) is 140 Å². The Balaban J connectivity index is 1.56. The van der Waals surface area contributed by atoms with Crippen LogP contribution in [0.1, 0.15) is 47.1 Å². The molecule has 3 N–H and O–H groups in total. The van der Waals surface area contributed by atoms with Crippen molar-refractivity contribution in [1.82, 2.24) is 10.2 Å². The first kappa shape index (κ1) is 34.6. The molecule has 9 nitrogen and oxygen atoms in total. The fraction of sp³-hybridized carbons (Fsp3) is 0.190. The minimum absolute atomic E-state index is 0.0543. The molecule has 6 rings (SSSR count). The van der Waals surface area contributed by atoms with Crippen molar-refractivity contribution in [2.75, 3.05) is 13.7 Å². The molecule has 51 heavy (non-hydrogen) atoms. The minimum atomic E-state index is -1.54. The number of nitrogens with zero attached hydrogens (tertiary/aromatic N) is 1. The second-order valence-electron chi connectivity index (χ2n) is 12.4. The number of amides is 3. The van der Waals surface area contributed by atoms with Crippen molar-refractivity contribution in [2.45, 2.75) is 36.9 Å². The highest BCUT2D eigenvalue weighted by molar-refractivity contribution is 5.93. The van der Waals surface area contributed by atoms with Crippen molar-refractivity contribution < 1.29 is 28.7 Å².